The van der Waals surface area contributed by atoms with E-state index >= 15 is 0 Å². The fourth-order valence-corrected chi connectivity index (χ4v) is 0.317. The molecule has 0 radical (unpaired) electrons. The molecule has 0 heterocycles. The summed E-state index contributed by atoms with van der Waals surface area (Å²) in [5, 5.41) is 0. The van der Waals surface area contributed by atoms with E-state index < -0.39 is 30.9 Å². The van der Waals surface area contributed by atoms with Crippen LogP contribution >= 0.6 is 0 Å². The lowest BCUT2D eigenvalue weighted by atomic mass is 10.6. The van der Waals surface area contributed by atoms with Crippen LogP contribution in [0.2, 0.25) is 0 Å². The van der Waals surface area contributed by atoms with Gasteiger partial charge in [0.05, 0.1) is 0 Å². The Balaban J connectivity index is 4.07. The molecule has 9 heteroatoms. The molecule has 0 spiro atoms. The van der Waals surface area contributed by atoms with Crippen LogP contribution in [0.3, 0.4) is 0 Å². The summed E-state index contributed by atoms with van der Waals surface area (Å²) in [5.41, 5.74) is 0. The average molecular weight is 238 g/mol. The SMILES string of the molecule is C=C(F)C(=O)OCOC(F)(F)C(F)(F)F. The van der Waals surface area contributed by atoms with Crippen LogP contribution in [0.1, 0.15) is 0 Å². The summed E-state index contributed by atoms with van der Waals surface area (Å²) in [4.78, 5) is 10.2. The number of hydrogen-bond acceptors (Lipinski definition) is 3. The van der Waals surface area contributed by atoms with Crippen molar-refractivity contribution in [2.75, 3.05) is 6.79 Å². The van der Waals surface area contributed by atoms with Crippen LogP contribution in [-0.4, -0.2) is 25.0 Å². The van der Waals surface area contributed by atoms with Gasteiger partial charge in [-0.3, -0.25) is 4.74 Å². The highest BCUT2D eigenvalue weighted by Gasteiger charge is 2.59. The molecular formula is C6H4F6O3. The minimum absolute atomic E-state index is 1.64. The third-order valence-electron chi connectivity index (χ3n) is 0.982. The molecule has 0 aromatic heterocycles. The second kappa shape index (κ2) is 4.51. The molecule has 0 N–H and O–H groups in total. The van der Waals surface area contributed by atoms with Crippen LogP contribution in [0.5, 0.6) is 0 Å². The van der Waals surface area contributed by atoms with Crippen molar-refractivity contribution >= 4 is 5.97 Å². The van der Waals surface area contributed by atoms with Gasteiger partial charge in [0.1, 0.15) is 0 Å². The lowest BCUT2D eigenvalue weighted by molar-refractivity contribution is -0.402. The first-order valence-electron chi connectivity index (χ1n) is 3.18. The zero-order chi connectivity index (χ0) is 12.3. The fraction of sp³-hybridized carbons (Fsp3) is 0.500. The number of ether oxygens (including phenoxy) is 2. The Kier molecular flexibility index (Phi) is 4.14. The van der Waals surface area contributed by atoms with Crippen molar-refractivity contribution in [1.29, 1.82) is 0 Å². The van der Waals surface area contributed by atoms with Gasteiger partial charge in [0.25, 0.3) is 0 Å². The quantitative estimate of drug-likeness (QED) is 0.326. The number of alkyl halides is 5. The monoisotopic (exact) mass is 238 g/mol. The van der Waals surface area contributed by atoms with E-state index in [0.717, 1.165) is 0 Å². The molecule has 15 heavy (non-hydrogen) atoms. The van der Waals surface area contributed by atoms with E-state index in [1.165, 1.54) is 0 Å². The number of hydrogen-bond donors (Lipinski definition) is 0. The fourth-order valence-electron chi connectivity index (χ4n) is 0.317. The van der Waals surface area contributed by atoms with Crippen molar-refractivity contribution in [2.24, 2.45) is 0 Å². The highest BCUT2D eigenvalue weighted by atomic mass is 19.4. The number of halogens is 6. The van der Waals surface area contributed by atoms with E-state index in [1.807, 2.05) is 0 Å². The molecule has 0 aromatic rings. The lowest BCUT2D eigenvalue weighted by Gasteiger charge is -2.18. The minimum atomic E-state index is -5.94. The summed E-state index contributed by atoms with van der Waals surface area (Å²) in [6, 6.07) is 0. The maximum Gasteiger partial charge on any atom is 0.483 e. The van der Waals surface area contributed by atoms with Gasteiger partial charge in [-0.2, -0.15) is 26.3 Å². The standard InChI is InChI=1S/C6H4F6O3/c1-3(7)4(13)14-2-15-6(11,12)5(8,9)10/h1-2H2. The van der Waals surface area contributed by atoms with Gasteiger partial charge in [-0.1, -0.05) is 6.58 Å². The molecule has 0 atom stereocenters. The molecule has 0 unspecified atom stereocenters. The Morgan fingerprint density at radius 2 is 1.67 bits per heavy atom. The van der Waals surface area contributed by atoms with E-state index in [1.54, 1.807) is 0 Å². The Bertz CT molecular complexity index is 258. The second-order valence-electron chi connectivity index (χ2n) is 2.11. The first kappa shape index (κ1) is 13.8. The molecule has 0 amide bonds. The van der Waals surface area contributed by atoms with Gasteiger partial charge in [0.15, 0.2) is 6.79 Å². The van der Waals surface area contributed by atoms with Crippen molar-refractivity contribution in [3.63, 3.8) is 0 Å². The molecule has 0 saturated carbocycles. The molecule has 0 aliphatic carbocycles. The maximum absolute atomic E-state index is 11.9. The first-order chi connectivity index (χ1) is 6.58. The molecule has 3 nitrogen and oxygen atoms in total. The van der Waals surface area contributed by atoms with E-state index in [4.69, 9.17) is 0 Å². The van der Waals surface area contributed by atoms with Gasteiger partial charge in [-0.15, -0.1) is 0 Å². The van der Waals surface area contributed by atoms with Crippen LogP contribution in [0, 0.1) is 0 Å². The van der Waals surface area contributed by atoms with Gasteiger partial charge in [0, 0.05) is 0 Å². The normalized spacial score (nSPS) is 12.4. The summed E-state index contributed by atoms with van der Waals surface area (Å²) in [7, 11) is 0. The maximum atomic E-state index is 11.9. The van der Waals surface area contributed by atoms with Crippen LogP contribution in [-0.2, 0) is 14.3 Å². The van der Waals surface area contributed by atoms with Gasteiger partial charge >= 0.3 is 18.3 Å². The number of esters is 1. The third-order valence-corrected chi connectivity index (χ3v) is 0.982. The van der Waals surface area contributed by atoms with Crippen molar-refractivity contribution < 1.29 is 40.6 Å². The summed E-state index contributed by atoms with van der Waals surface area (Å²) < 4.78 is 76.3. The van der Waals surface area contributed by atoms with E-state index in [-0.39, 0.29) is 0 Å². The Morgan fingerprint density at radius 1 is 1.20 bits per heavy atom. The summed E-state index contributed by atoms with van der Waals surface area (Å²) in [6.45, 7) is 0.671. The number of carbonyl (C=O) groups excluding carboxylic acids is 1. The van der Waals surface area contributed by atoms with E-state index in [2.05, 4.69) is 16.1 Å². The van der Waals surface area contributed by atoms with Crippen molar-refractivity contribution in [3.8, 4) is 0 Å². The van der Waals surface area contributed by atoms with Crippen molar-refractivity contribution in [1.82, 2.24) is 0 Å². The van der Waals surface area contributed by atoms with Crippen molar-refractivity contribution in [3.05, 3.63) is 12.4 Å². The molecule has 0 fully saturated rings. The second-order valence-corrected chi connectivity index (χ2v) is 2.11. The topological polar surface area (TPSA) is 35.5 Å². The van der Waals surface area contributed by atoms with Gasteiger partial charge in [-0.25, -0.2) is 4.79 Å². The van der Waals surface area contributed by atoms with Gasteiger partial charge < -0.3 is 4.74 Å². The Hall–Kier alpha value is -1.25. The predicted octanol–water partition coefficient (Wildman–Crippen LogP) is 2.14. The van der Waals surface area contributed by atoms with Crippen LogP contribution in [0.4, 0.5) is 26.3 Å². The Morgan fingerprint density at radius 3 is 2.00 bits per heavy atom. The highest BCUT2D eigenvalue weighted by molar-refractivity contribution is 5.85. The third kappa shape index (κ3) is 4.19. The van der Waals surface area contributed by atoms with Gasteiger partial charge in [0.2, 0.25) is 5.83 Å². The summed E-state index contributed by atoms with van der Waals surface area (Å²) in [6.07, 6.45) is -11.4. The van der Waals surface area contributed by atoms with Crippen LogP contribution < -0.4 is 0 Å². The number of rotatable bonds is 4. The molecule has 0 rings (SSSR count). The number of carbonyl (C=O) groups is 1. The van der Waals surface area contributed by atoms with Gasteiger partial charge in [-0.05, 0) is 0 Å². The van der Waals surface area contributed by atoms with Crippen LogP contribution in [0.25, 0.3) is 0 Å². The van der Waals surface area contributed by atoms with E-state index in [0.29, 0.717) is 0 Å². The Labute approximate surface area is 79.3 Å². The molecule has 0 bridgehead atoms. The molecule has 0 aromatic carbocycles. The first-order valence-corrected chi connectivity index (χ1v) is 3.18. The molecule has 0 aliphatic heterocycles. The zero-order valence-electron chi connectivity index (χ0n) is 6.91. The largest absolute Gasteiger partial charge is 0.483 e. The average Bonchev–Trinajstić information content (AvgIpc) is 2.01. The predicted molar refractivity (Wildman–Crippen MR) is 33.3 cm³/mol. The molecule has 0 aliphatic rings. The molecular weight excluding hydrogens is 234 g/mol. The minimum Gasteiger partial charge on any atom is -0.433 e. The molecule has 88 valence electrons. The highest BCUT2D eigenvalue weighted by Crippen LogP contribution is 2.36. The zero-order valence-corrected chi connectivity index (χ0v) is 6.91. The van der Waals surface area contributed by atoms with Crippen molar-refractivity contribution in [2.45, 2.75) is 12.3 Å². The van der Waals surface area contributed by atoms with Crippen LogP contribution in [0.15, 0.2) is 12.4 Å². The summed E-state index contributed by atoms with van der Waals surface area (Å²) >= 11 is 0. The molecule has 0 saturated heterocycles. The lowest BCUT2D eigenvalue weighted by Crippen LogP contribution is -2.39. The smallest absolute Gasteiger partial charge is 0.433 e. The van der Waals surface area contributed by atoms with E-state index in [9.17, 15) is 31.1 Å². The summed E-state index contributed by atoms with van der Waals surface area (Å²) in [5.74, 6) is -3.43.